The van der Waals surface area contributed by atoms with Crippen LogP contribution in [0.1, 0.15) is 18.7 Å². The van der Waals surface area contributed by atoms with E-state index < -0.39 is 0 Å². The number of likely N-dealkylation sites (tertiary alicyclic amines) is 2. The number of amides is 1. The summed E-state index contributed by atoms with van der Waals surface area (Å²) >= 11 is 0. The van der Waals surface area contributed by atoms with E-state index in [4.69, 9.17) is 0 Å². The Kier molecular flexibility index (Phi) is 2.66. The van der Waals surface area contributed by atoms with E-state index in [0.717, 1.165) is 44.8 Å². The number of β-lactam (4-membered cyclic amide) rings is 1. The molecule has 0 N–H and O–H groups in total. The summed E-state index contributed by atoms with van der Waals surface area (Å²) in [7, 11) is 3.92. The van der Waals surface area contributed by atoms with Crippen LogP contribution in [0.2, 0.25) is 0 Å². The predicted molar refractivity (Wildman–Crippen MR) is 67.8 cm³/mol. The molecule has 2 aliphatic rings. The van der Waals surface area contributed by atoms with Gasteiger partial charge in [-0.3, -0.25) is 9.69 Å². The molecule has 98 valence electrons. The summed E-state index contributed by atoms with van der Waals surface area (Å²) in [5.74, 6) is 1.45. The summed E-state index contributed by atoms with van der Waals surface area (Å²) in [6, 6.07) is 0. The zero-order valence-corrected chi connectivity index (χ0v) is 11.1. The first kappa shape index (κ1) is 11.7. The molecule has 0 aliphatic carbocycles. The van der Waals surface area contributed by atoms with Crippen LogP contribution in [0.25, 0.3) is 0 Å². The summed E-state index contributed by atoms with van der Waals surface area (Å²) < 4.78 is 2.06. The first-order valence-corrected chi connectivity index (χ1v) is 6.55. The Morgan fingerprint density at radius 1 is 1.33 bits per heavy atom. The van der Waals surface area contributed by atoms with Crippen LogP contribution in [-0.4, -0.2) is 51.9 Å². The fourth-order valence-corrected chi connectivity index (χ4v) is 3.17. The molecule has 1 aromatic heterocycles. The lowest BCUT2D eigenvalue weighted by Gasteiger charge is -2.51. The average Bonchev–Trinajstić information content (AvgIpc) is 2.77. The van der Waals surface area contributed by atoms with Gasteiger partial charge < -0.3 is 9.47 Å². The zero-order valence-electron chi connectivity index (χ0n) is 11.1. The molecule has 2 saturated heterocycles. The summed E-state index contributed by atoms with van der Waals surface area (Å²) in [6.07, 6.45) is 5.82. The minimum absolute atomic E-state index is 0.0209. The van der Waals surface area contributed by atoms with Crippen LogP contribution in [0.4, 0.5) is 0 Å². The molecule has 5 heteroatoms. The van der Waals surface area contributed by atoms with Crippen LogP contribution in [0.3, 0.4) is 0 Å². The lowest BCUT2D eigenvalue weighted by atomic mass is 9.71. The predicted octanol–water partition coefficient (Wildman–Crippen LogP) is 0.474. The van der Waals surface area contributed by atoms with Gasteiger partial charge in [0.05, 0.1) is 12.0 Å². The number of carbonyl (C=O) groups excluding carboxylic acids is 1. The van der Waals surface area contributed by atoms with Crippen molar-refractivity contribution in [3.63, 3.8) is 0 Å². The topological polar surface area (TPSA) is 41.4 Å². The van der Waals surface area contributed by atoms with Crippen molar-refractivity contribution in [1.82, 2.24) is 19.4 Å². The standard InChI is InChI=1S/C13H20N4O/c1-15-8-5-14-11(15)9-17-6-3-13(4-7-17)10-16(2)12(13)18/h5,8H,3-4,6-7,9-10H2,1-2H3. The number of piperidine rings is 1. The van der Waals surface area contributed by atoms with Crippen molar-refractivity contribution in [3.05, 3.63) is 18.2 Å². The van der Waals surface area contributed by atoms with Crippen molar-refractivity contribution < 1.29 is 4.79 Å². The molecule has 0 aromatic carbocycles. The Hall–Kier alpha value is -1.36. The average molecular weight is 248 g/mol. The van der Waals surface area contributed by atoms with E-state index in [1.54, 1.807) is 0 Å². The van der Waals surface area contributed by atoms with E-state index in [1.807, 2.05) is 31.4 Å². The Balaban J connectivity index is 1.58. The number of aryl methyl sites for hydroxylation is 1. The SMILES string of the molecule is CN1CC2(CCN(Cc3nccn3C)CC2)C1=O. The smallest absolute Gasteiger partial charge is 0.230 e. The van der Waals surface area contributed by atoms with E-state index in [0.29, 0.717) is 5.91 Å². The van der Waals surface area contributed by atoms with Crippen molar-refractivity contribution in [2.45, 2.75) is 19.4 Å². The van der Waals surface area contributed by atoms with Crippen molar-refractivity contribution in [3.8, 4) is 0 Å². The molecule has 3 heterocycles. The number of imidazole rings is 1. The van der Waals surface area contributed by atoms with Crippen molar-refractivity contribution in [2.75, 3.05) is 26.7 Å². The molecule has 2 fully saturated rings. The lowest BCUT2D eigenvalue weighted by Crippen LogP contribution is -2.63. The third kappa shape index (κ3) is 1.73. The van der Waals surface area contributed by atoms with Gasteiger partial charge in [0.2, 0.25) is 5.91 Å². The molecule has 0 bridgehead atoms. The van der Waals surface area contributed by atoms with Gasteiger partial charge in [0, 0.05) is 33.0 Å². The van der Waals surface area contributed by atoms with Gasteiger partial charge in [-0.1, -0.05) is 0 Å². The first-order valence-electron chi connectivity index (χ1n) is 6.55. The first-order chi connectivity index (χ1) is 8.61. The van der Waals surface area contributed by atoms with E-state index in [9.17, 15) is 4.79 Å². The molecule has 0 atom stereocenters. The van der Waals surface area contributed by atoms with Gasteiger partial charge in [-0.2, -0.15) is 0 Å². The Morgan fingerprint density at radius 2 is 2.06 bits per heavy atom. The highest BCUT2D eigenvalue weighted by atomic mass is 16.2. The maximum Gasteiger partial charge on any atom is 0.230 e. The highest BCUT2D eigenvalue weighted by molar-refractivity contribution is 5.88. The number of rotatable bonds is 2. The molecule has 0 saturated carbocycles. The van der Waals surface area contributed by atoms with Gasteiger partial charge in [-0.15, -0.1) is 0 Å². The van der Waals surface area contributed by atoms with E-state index in [-0.39, 0.29) is 5.41 Å². The van der Waals surface area contributed by atoms with Crippen LogP contribution in [-0.2, 0) is 18.4 Å². The fraction of sp³-hybridized carbons (Fsp3) is 0.692. The highest BCUT2D eigenvalue weighted by Gasteiger charge is 2.51. The molecule has 3 rings (SSSR count). The highest BCUT2D eigenvalue weighted by Crippen LogP contribution is 2.40. The van der Waals surface area contributed by atoms with Gasteiger partial charge in [0.1, 0.15) is 5.82 Å². The second kappa shape index (κ2) is 4.09. The van der Waals surface area contributed by atoms with Crippen LogP contribution in [0.15, 0.2) is 12.4 Å². The third-order valence-electron chi connectivity index (χ3n) is 4.44. The Morgan fingerprint density at radius 3 is 2.56 bits per heavy atom. The van der Waals surface area contributed by atoms with Crippen LogP contribution in [0, 0.1) is 5.41 Å². The van der Waals surface area contributed by atoms with E-state index in [1.165, 1.54) is 0 Å². The number of aromatic nitrogens is 2. The van der Waals surface area contributed by atoms with E-state index in [2.05, 4.69) is 14.5 Å². The van der Waals surface area contributed by atoms with Crippen molar-refractivity contribution in [2.24, 2.45) is 12.5 Å². The minimum Gasteiger partial charge on any atom is -0.344 e. The molecule has 0 radical (unpaired) electrons. The molecule has 1 aromatic rings. The number of nitrogens with zero attached hydrogens (tertiary/aromatic N) is 4. The van der Waals surface area contributed by atoms with Crippen molar-refractivity contribution >= 4 is 5.91 Å². The second-order valence-electron chi connectivity index (χ2n) is 5.67. The van der Waals surface area contributed by atoms with Crippen molar-refractivity contribution in [1.29, 1.82) is 0 Å². The Labute approximate surface area is 107 Å². The Bertz CT molecular complexity index is 459. The summed E-state index contributed by atoms with van der Waals surface area (Å²) in [4.78, 5) is 20.5. The molecule has 1 amide bonds. The molecule has 2 aliphatic heterocycles. The summed E-state index contributed by atoms with van der Waals surface area (Å²) in [5.41, 5.74) is -0.0209. The number of hydrogen-bond donors (Lipinski definition) is 0. The second-order valence-corrected chi connectivity index (χ2v) is 5.67. The van der Waals surface area contributed by atoms with Gasteiger partial charge in [-0.05, 0) is 25.9 Å². The molecular formula is C13H20N4O. The quantitative estimate of drug-likeness (QED) is 0.715. The van der Waals surface area contributed by atoms with Gasteiger partial charge in [0.15, 0.2) is 0 Å². The fourth-order valence-electron chi connectivity index (χ4n) is 3.17. The third-order valence-corrected chi connectivity index (χ3v) is 4.44. The minimum atomic E-state index is -0.0209. The number of hydrogen-bond acceptors (Lipinski definition) is 3. The molecule has 5 nitrogen and oxygen atoms in total. The summed E-state index contributed by atoms with van der Waals surface area (Å²) in [6.45, 7) is 3.85. The van der Waals surface area contributed by atoms with E-state index >= 15 is 0 Å². The zero-order chi connectivity index (χ0) is 12.8. The van der Waals surface area contributed by atoms with Crippen LogP contribution in [0.5, 0.6) is 0 Å². The van der Waals surface area contributed by atoms with Gasteiger partial charge in [0.25, 0.3) is 0 Å². The van der Waals surface area contributed by atoms with Crippen LogP contribution >= 0.6 is 0 Å². The van der Waals surface area contributed by atoms with Gasteiger partial charge in [-0.25, -0.2) is 4.98 Å². The molecule has 0 unspecified atom stereocenters. The van der Waals surface area contributed by atoms with Gasteiger partial charge >= 0.3 is 0 Å². The van der Waals surface area contributed by atoms with Crippen LogP contribution < -0.4 is 0 Å². The number of carbonyl (C=O) groups is 1. The molecular weight excluding hydrogens is 228 g/mol. The maximum absolute atomic E-state index is 11.9. The normalized spacial score (nSPS) is 23.4. The molecule has 1 spiro atoms. The molecule has 18 heavy (non-hydrogen) atoms. The largest absolute Gasteiger partial charge is 0.344 e. The monoisotopic (exact) mass is 248 g/mol. The maximum atomic E-state index is 11.9. The summed E-state index contributed by atoms with van der Waals surface area (Å²) in [5, 5.41) is 0. The lowest BCUT2D eigenvalue weighted by molar-refractivity contribution is -0.162.